The summed E-state index contributed by atoms with van der Waals surface area (Å²) in [5.41, 5.74) is -1.38. The molecule has 0 bridgehead atoms. The number of hydrogen-bond acceptors (Lipinski definition) is 3. The summed E-state index contributed by atoms with van der Waals surface area (Å²) < 4.78 is 0. The lowest BCUT2D eigenvalue weighted by atomic mass is 10.4. The van der Waals surface area contributed by atoms with Crippen LogP contribution in [0.15, 0.2) is 0 Å². The van der Waals surface area contributed by atoms with Gasteiger partial charge in [0.1, 0.15) is 6.10 Å². The number of alkyl halides is 1. The fourth-order valence-electron chi connectivity index (χ4n) is 0.176. The largest absolute Gasteiger partial charge is 0.385 e. The van der Waals surface area contributed by atoms with Gasteiger partial charge in [-0.05, 0) is 18.5 Å². The Morgan fingerprint density at radius 1 is 1.88 bits per heavy atom. The Kier molecular flexibility index (Phi) is 2.71. The van der Waals surface area contributed by atoms with E-state index >= 15 is 0 Å². The normalized spacial score (nSPS) is 17.4. The van der Waals surface area contributed by atoms with Crippen molar-refractivity contribution in [1.29, 1.82) is 0 Å². The first kappa shape index (κ1) is 7.65. The first-order valence-corrected chi connectivity index (χ1v) is 2.45. The number of halogens is 1. The van der Waals surface area contributed by atoms with Gasteiger partial charge in [-0.15, -0.1) is 0 Å². The molecule has 0 fully saturated rings. The Balaban J connectivity index is 3.64. The maximum absolute atomic E-state index is 9.65. The molecule has 0 amide bonds. The molecule has 0 saturated carbocycles. The maximum atomic E-state index is 9.65. The minimum Gasteiger partial charge on any atom is -0.385 e. The molecule has 0 rings (SSSR count). The summed E-state index contributed by atoms with van der Waals surface area (Å²) in [7, 11) is 0. The molecular formula is C3H6ClNO3. The molecule has 5 heteroatoms. The van der Waals surface area contributed by atoms with Crippen molar-refractivity contribution in [3.63, 3.8) is 0 Å². The van der Waals surface area contributed by atoms with E-state index in [1.54, 1.807) is 0 Å². The molecule has 2 atom stereocenters. The summed E-state index contributed by atoms with van der Waals surface area (Å²) in [6.07, 6.45) is -1.09. The van der Waals surface area contributed by atoms with Gasteiger partial charge in [0.15, 0.2) is 0 Å². The fourth-order valence-corrected chi connectivity index (χ4v) is 0.176. The molecule has 2 unspecified atom stereocenters. The summed E-state index contributed by atoms with van der Waals surface area (Å²) >= 11 is 5.00. The van der Waals surface area contributed by atoms with Crippen LogP contribution in [0.1, 0.15) is 6.92 Å². The van der Waals surface area contributed by atoms with Crippen molar-refractivity contribution in [2.24, 2.45) is 0 Å². The van der Waals surface area contributed by atoms with Crippen LogP contribution in [-0.4, -0.2) is 21.6 Å². The van der Waals surface area contributed by atoms with Gasteiger partial charge < -0.3 is 5.11 Å². The minimum atomic E-state index is -1.38. The predicted octanol–water partition coefficient (Wildman–Crippen LogP) is 0.209. The van der Waals surface area contributed by atoms with E-state index in [4.69, 9.17) is 16.7 Å². The van der Waals surface area contributed by atoms with E-state index in [-0.39, 0.29) is 0 Å². The second-order valence-electron chi connectivity index (χ2n) is 1.40. The lowest BCUT2D eigenvalue weighted by Gasteiger charge is -2.01. The lowest BCUT2D eigenvalue weighted by molar-refractivity contribution is -0.508. The average Bonchev–Trinajstić information content (AvgIpc) is 1.64. The van der Waals surface area contributed by atoms with Crippen LogP contribution in [-0.2, 0) is 0 Å². The third-order valence-corrected chi connectivity index (χ3v) is 1.12. The van der Waals surface area contributed by atoms with E-state index in [9.17, 15) is 10.1 Å². The van der Waals surface area contributed by atoms with Gasteiger partial charge in [0.25, 0.3) is 0 Å². The Morgan fingerprint density at radius 3 is 2.25 bits per heavy atom. The third kappa shape index (κ3) is 2.09. The van der Waals surface area contributed by atoms with Gasteiger partial charge in [0.05, 0.1) is 0 Å². The van der Waals surface area contributed by atoms with E-state index in [0.29, 0.717) is 0 Å². The zero-order valence-corrected chi connectivity index (χ0v) is 5.00. The van der Waals surface area contributed by atoms with Gasteiger partial charge in [-0.2, -0.15) is 0 Å². The highest BCUT2D eigenvalue weighted by molar-refractivity contribution is 6.19. The molecule has 0 aromatic rings. The average molecular weight is 140 g/mol. The van der Waals surface area contributed by atoms with Gasteiger partial charge in [0.2, 0.25) is 0 Å². The van der Waals surface area contributed by atoms with Crippen molar-refractivity contribution in [3.8, 4) is 0 Å². The maximum Gasteiger partial charge on any atom is 0.311 e. The summed E-state index contributed by atoms with van der Waals surface area (Å²) in [5, 5.41) is 18.1. The molecule has 0 saturated heterocycles. The highest BCUT2D eigenvalue weighted by Crippen LogP contribution is 2.01. The van der Waals surface area contributed by atoms with Crippen LogP contribution >= 0.6 is 11.6 Å². The fraction of sp³-hybridized carbons (Fsp3) is 1.00. The Bertz CT molecular complexity index is 94.5. The predicted molar refractivity (Wildman–Crippen MR) is 28.3 cm³/mol. The summed E-state index contributed by atoms with van der Waals surface area (Å²) in [4.78, 5) is 8.91. The van der Waals surface area contributed by atoms with Crippen LogP contribution in [0.25, 0.3) is 0 Å². The molecule has 4 nitrogen and oxygen atoms in total. The highest BCUT2D eigenvalue weighted by atomic mass is 35.5. The number of hydrogen-bond donors (Lipinski definition) is 1. The van der Waals surface area contributed by atoms with Gasteiger partial charge in [-0.1, -0.05) is 0 Å². The number of aliphatic hydroxyl groups excluding tert-OH is 1. The standard InChI is InChI=1S/C3H6ClNO3/c1-2(6)3(4)5(7)8/h2-3,6H,1H3. The van der Waals surface area contributed by atoms with Crippen molar-refractivity contribution in [2.45, 2.75) is 18.5 Å². The Hall–Kier alpha value is -0.350. The molecule has 0 aromatic carbocycles. The van der Waals surface area contributed by atoms with Crippen LogP contribution in [0.2, 0.25) is 0 Å². The topological polar surface area (TPSA) is 63.4 Å². The van der Waals surface area contributed by atoms with Gasteiger partial charge in [0, 0.05) is 4.92 Å². The van der Waals surface area contributed by atoms with Crippen molar-refractivity contribution in [1.82, 2.24) is 0 Å². The van der Waals surface area contributed by atoms with E-state index in [1.165, 1.54) is 6.92 Å². The van der Waals surface area contributed by atoms with E-state index in [2.05, 4.69) is 0 Å². The minimum absolute atomic E-state index is 0.744. The van der Waals surface area contributed by atoms with Crippen LogP contribution in [0, 0.1) is 10.1 Å². The summed E-state index contributed by atoms with van der Waals surface area (Å²) in [5.74, 6) is 0. The molecule has 8 heavy (non-hydrogen) atoms. The smallest absolute Gasteiger partial charge is 0.311 e. The van der Waals surface area contributed by atoms with Crippen molar-refractivity contribution >= 4 is 11.6 Å². The first-order chi connectivity index (χ1) is 3.55. The quantitative estimate of drug-likeness (QED) is 0.257. The van der Waals surface area contributed by atoms with Crippen LogP contribution in [0.5, 0.6) is 0 Å². The second kappa shape index (κ2) is 2.84. The van der Waals surface area contributed by atoms with Crippen LogP contribution in [0.3, 0.4) is 0 Å². The highest BCUT2D eigenvalue weighted by Gasteiger charge is 2.21. The van der Waals surface area contributed by atoms with Crippen molar-refractivity contribution < 1.29 is 10.0 Å². The number of aliphatic hydroxyl groups is 1. The van der Waals surface area contributed by atoms with E-state index in [1.807, 2.05) is 0 Å². The van der Waals surface area contributed by atoms with E-state index < -0.39 is 16.5 Å². The first-order valence-electron chi connectivity index (χ1n) is 2.01. The molecule has 0 aliphatic carbocycles. The zero-order valence-electron chi connectivity index (χ0n) is 4.24. The zero-order chi connectivity index (χ0) is 6.73. The number of rotatable bonds is 2. The van der Waals surface area contributed by atoms with Crippen molar-refractivity contribution in [3.05, 3.63) is 10.1 Å². The van der Waals surface area contributed by atoms with E-state index in [0.717, 1.165) is 0 Å². The monoisotopic (exact) mass is 139 g/mol. The number of nitro groups is 1. The Labute approximate surface area is 51.2 Å². The molecule has 0 aliphatic heterocycles. The molecule has 0 spiro atoms. The lowest BCUT2D eigenvalue weighted by Crippen LogP contribution is -2.25. The van der Waals surface area contributed by atoms with Gasteiger partial charge in [-0.25, -0.2) is 0 Å². The second-order valence-corrected chi connectivity index (χ2v) is 1.85. The molecule has 0 heterocycles. The molecule has 48 valence electrons. The molecule has 1 N–H and O–H groups in total. The van der Waals surface area contributed by atoms with Gasteiger partial charge >= 0.3 is 5.50 Å². The van der Waals surface area contributed by atoms with Gasteiger partial charge in [-0.3, -0.25) is 10.1 Å². The third-order valence-electron chi connectivity index (χ3n) is 0.599. The molecule has 0 aromatic heterocycles. The summed E-state index contributed by atoms with van der Waals surface area (Å²) in [6, 6.07) is 0. The number of nitrogens with zero attached hydrogens (tertiary/aromatic N) is 1. The Morgan fingerprint density at radius 2 is 2.25 bits per heavy atom. The summed E-state index contributed by atoms with van der Waals surface area (Å²) in [6.45, 7) is 1.26. The molecule has 0 radical (unpaired) electrons. The SMILES string of the molecule is CC(O)C(Cl)[N+](=O)[O-]. The van der Waals surface area contributed by atoms with Crippen LogP contribution < -0.4 is 0 Å². The van der Waals surface area contributed by atoms with Crippen molar-refractivity contribution in [2.75, 3.05) is 0 Å². The molecule has 0 aliphatic rings. The molecular weight excluding hydrogens is 133 g/mol. The van der Waals surface area contributed by atoms with Crippen LogP contribution in [0.4, 0.5) is 0 Å².